The van der Waals surface area contributed by atoms with Crippen LogP contribution in [-0.2, 0) is 0 Å². The molecule has 0 atom stereocenters. The quantitative estimate of drug-likeness (QED) is 0.265. The minimum absolute atomic E-state index is 0.204. The van der Waals surface area contributed by atoms with Crippen LogP contribution in [0, 0.1) is 11.6 Å². The Kier molecular flexibility index (Phi) is 4.55. The molecule has 0 amide bonds. The van der Waals surface area contributed by atoms with Gasteiger partial charge in [-0.1, -0.05) is 72.8 Å². The highest BCUT2D eigenvalue weighted by Crippen LogP contribution is 2.37. The molecule has 0 fully saturated rings. The average Bonchev–Trinajstić information content (AvgIpc) is 3.19. The van der Waals surface area contributed by atoms with Crippen molar-refractivity contribution in [3.8, 4) is 27.9 Å². The average molecular weight is 431 g/mol. The third kappa shape index (κ3) is 3.30. The molecule has 0 saturated carbocycles. The van der Waals surface area contributed by atoms with E-state index in [2.05, 4.69) is 36.4 Å². The predicted molar refractivity (Wildman–Crippen MR) is 132 cm³/mol. The number of aromatic nitrogens is 1. The highest BCUT2D eigenvalue weighted by molar-refractivity contribution is 6.11. The maximum absolute atomic E-state index is 14.9. The number of rotatable bonds is 3. The number of hydrogen-bond donors (Lipinski definition) is 0. The van der Waals surface area contributed by atoms with Crippen molar-refractivity contribution in [2.24, 2.45) is 0 Å². The summed E-state index contributed by atoms with van der Waals surface area (Å²) >= 11 is 0. The predicted octanol–water partition coefficient (Wildman–Crippen LogP) is 8.40. The lowest BCUT2D eigenvalue weighted by atomic mass is 10.0. The molecule has 0 unspecified atom stereocenters. The van der Waals surface area contributed by atoms with Crippen molar-refractivity contribution in [3.63, 3.8) is 0 Å². The first-order valence-electron chi connectivity index (χ1n) is 10.8. The fraction of sp³-hybridized carbons (Fsp3) is 0. The third-order valence-corrected chi connectivity index (χ3v) is 6.13. The first kappa shape index (κ1) is 19.4. The summed E-state index contributed by atoms with van der Waals surface area (Å²) in [6.45, 7) is 0. The van der Waals surface area contributed by atoms with Gasteiger partial charge in [-0.3, -0.25) is 0 Å². The van der Waals surface area contributed by atoms with E-state index in [1.165, 1.54) is 12.1 Å². The molecule has 6 aromatic rings. The number of hydrogen-bond acceptors (Lipinski definition) is 0. The molecular weight excluding hydrogens is 412 g/mol. The molecule has 0 bridgehead atoms. The van der Waals surface area contributed by atoms with Gasteiger partial charge in [-0.2, -0.15) is 0 Å². The Bertz CT molecular complexity index is 1520. The maximum Gasteiger partial charge on any atom is 0.147 e. The first-order valence-corrected chi connectivity index (χ1v) is 10.8. The Labute approximate surface area is 190 Å². The van der Waals surface area contributed by atoms with Crippen molar-refractivity contribution in [2.75, 3.05) is 0 Å². The van der Waals surface area contributed by atoms with E-state index in [1.54, 1.807) is 0 Å². The highest BCUT2D eigenvalue weighted by Gasteiger charge is 2.17. The van der Waals surface area contributed by atoms with Crippen molar-refractivity contribution in [1.29, 1.82) is 0 Å². The van der Waals surface area contributed by atoms with Gasteiger partial charge in [0.25, 0.3) is 0 Å². The van der Waals surface area contributed by atoms with Crippen LogP contribution in [-0.4, -0.2) is 4.57 Å². The van der Waals surface area contributed by atoms with Gasteiger partial charge >= 0.3 is 0 Å². The summed E-state index contributed by atoms with van der Waals surface area (Å²) in [6.07, 6.45) is 0. The van der Waals surface area contributed by atoms with Gasteiger partial charge in [0.15, 0.2) is 0 Å². The van der Waals surface area contributed by atoms with E-state index in [-0.39, 0.29) is 5.69 Å². The van der Waals surface area contributed by atoms with E-state index >= 15 is 0 Å². The zero-order valence-electron chi connectivity index (χ0n) is 17.7. The molecule has 0 radical (unpaired) electrons. The molecule has 1 aromatic heterocycles. The first-order chi connectivity index (χ1) is 16.2. The van der Waals surface area contributed by atoms with Gasteiger partial charge in [-0.15, -0.1) is 0 Å². The van der Waals surface area contributed by atoms with Gasteiger partial charge in [-0.05, 0) is 58.7 Å². The SMILES string of the molecule is Fc1ccc(F)c(-n2c3ccc(-c4ccccc4)cc3c3cc(-c4ccccc4)ccc32)c1. The van der Waals surface area contributed by atoms with Gasteiger partial charge in [0, 0.05) is 16.8 Å². The van der Waals surface area contributed by atoms with Gasteiger partial charge in [0.1, 0.15) is 11.6 Å². The number of halogens is 2. The standard InChI is InChI=1S/C30H19F2N/c31-24-13-14-27(32)30(19-24)33-28-15-11-22(20-7-3-1-4-8-20)17-25(28)26-18-23(12-16-29(26)33)21-9-5-2-6-10-21/h1-19H. The van der Waals surface area contributed by atoms with Crippen LogP contribution < -0.4 is 0 Å². The Morgan fingerprint density at radius 1 is 0.455 bits per heavy atom. The van der Waals surface area contributed by atoms with Gasteiger partial charge in [0.2, 0.25) is 0 Å². The molecule has 6 rings (SSSR count). The maximum atomic E-state index is 14.9. The summed E-state index contributed by atoms with van der Waals surface area (Å²) < 4.78 is 30.8. The van der Waals surface area contributed by atoms with Gasteiger partial charge in [-0.25, -0.2) is 8.78 Å². The minimum Gasteiger partial charge on any atom is -0.306 e. The summed E-state index contributed by atoms with van der Waals surface area (Å²) in [7, 11) is 0. The Balaban J connectivity index is 1.69. The Hall–Kier alpha value is -4.24. The highest BCUT2D eigenvalue weighted by atomic mass is 19.1. The monoisotopic (exact) mass is 431 g/mol. The normalized spacial score (nSPS) is 11.3. The molecule has 0 spiro atoms. The van der Waals surface area contributed by atoms with Crippen LogP contribution >= 0.6 is 0 Å². The zero-order valence-corrected chi connectivity index (χ0v) is 17.7. The second-order valence-electron chi connectivity index (χ2n) is 8.13. The van der Waals surface area contributed by atoms with Crippen LogP contribution in [0.5, 0.6) is 0 Å². The van der Waals surface area contributed by atoms with Crippen LogP contribution in [0.1, 0.15) is 0 Å². The smallest absolute Gasteiger partial charge is 0.147 e. The lowest BCUT2D eigenvalue weighted by Gasteiger charge is -2.10. The Morgan fingerprint density at radius 2 is 0.970 bits per heavy atom. The zero-order chi connectivity index (χ0) is 22.4. The number of nitrogens with zero attached hydrogens (tertiary/aromatic N) is 1. The molecular formula is C30H19F2N. The number of benzene rings is 5. The topological polar surface area (TPSA) is 4.93 Å². The largest absolute Gasteiger partial charge is 0.306 e. The molecule has 0 saturated heterocycles. The molecule has 5 aromatic carbocycles. The van der Waals surface area contributed by atoms with E-state index in [4.69, 9.17) is 0 Å². The van der Waals surface area contributed by atoms with Crippen LogP contribution in [0.15, 0.2) is 115 Å². The molecule has 0 aliphatic heterocycles. The van der Waals surface area contributed by atoms with Crippen molar-refractivity contribution in [2.45, 2.75) is 0 Å². The fourth-order valence-corrected chi connectivity index (χ4v) is 4.56. The van der Waals surface area contributed by atoms with Crippen molar-refractivity contribution >= 4 is 21.8 Å². The summed E-state index contributed by atoms with van der Waals surface area (Å²) in [5.41, 5.74) is 6.24. The summed E-state index contributed by atoms with van der Waals surface area (Å²) in [5.74, 6) is -0.933. The van der Waals surface area contributed by atoms with E-state index in [0.29, 0.717) is 0 Å². The lowest BCUT2D eigenvalue weighted by Crippen LogP contribution is -1.98. The van der Waals surface area contributed by atoms with Crippen LogP contribution in [0.25, 0.3) is 49.7 Å². The lowest BCUT2D eigenvalue weighted by molar-refractivity contribution is 0.595. The fourth-order valence-electron chi connectivity index (χ4n) is 4.56. The van der Waals surface area contributed by atoms with E-state index in [0.717, 1.165) is 50.1 Å². The number of fused-ring (bicyclic) bond motifs is 3. The van der Waals surface area contributed by atoms with Gasteiger partial charge < -0.3 is 4.57 Å². The summed E-state index contributed by atoms with van der Waals surface area (Å²) in [4.78, 5) is 0. The summed E-state index contributed by atoms with van der Waals surface area (Å²) in [6, 6.07) is 36.2. The van der Waals surface area contributed by atoms with E-state index in [9.17, 15) is 8.78 Å². The Morgan fingerprint density at radius 3 is 1.48 bits per heavy atom. The van der Waals surface area contributed by atoms with Crippen LogP contribution in [0.4, 0.5) is 8.78 Å². The molecule has 3 heteroatoms. The van der Waals surface area contributed by atoms with Crippen LogP contribution in [0.2, 0.25) is 0 Å². The van der Waals surface area contributed by atoms with E-state index < -0.39 is 11.6 Å². The third-order valence-electron chi connectivity index (χ3n) is 6.13. The van der Waals surface area contributed by atoms with Crippen molar-refractivity contribution < 1.29 is 8.78 Å². The molecule has 1 nitrogen and oxygen atoms in total. The van der Waals surface area contributed by atoms with E-state index in [1.807, 2.05) is 65.2 Å². The van der Waals surface area contributed by atoms with Crippen molar-refractivity contribution in [3.05, 3.63) is 127 Å². The minimum atomic E-state index is -0.469. The molecule has 33 heavy (non-hydrogen) atoms. The molecule has 0 N–H and O–H groups in total. The van der Waals surface area contributed by atoms with Gasteiger partial charge in [0.05, 0.1) is 16.7 Å². The molecule has 158 valence electrons. The summed E-state index contributed by atoms with van der Waals surface area (Å²) in [5, 5.41) is 1.99. The molecule has 0 aliphatic rings. The second-order valence-corrected chi connectivity index (χ2v) is 8.13. The van der Waals surface area contributed by atoms with Crippen molar-refractivity contribution in [1.82, 2.24) is 4.57 Å². The molecule has 0 aliphatic carbocycles. The van der Waals surface area contributed by atoms with Crippen LogP contribution in [0.3, 0.4) is 0 Å². The molecule has 1 heterocycles. The second kappa shape index (κ2) is 7.72.